The summed E-state index contributed by atoms with van der Waals surface area (Å²) in [6.45, 7) is 1.74. The van der Waals surface area contributed by atoms with E-state index in [0.717, 1.165) is 64.5 Å². The SMILES string of the molecule is CN(C)CC1CCCN1C(=O)C1(C#N)CCCCCC1. The average Bonchev–Trinajstić information content (AvgIpc) is 2.73. The third-order valence-electron chi connectivity index (χ3n) is 4.79. The van der Waals surface area contributed by atoms with Gasteiger partial charge in [0.1, 0.15) is 5.41 Å². The van der Waals surface area contributed by atoms with Gasteiger partial charge in [-0.25, -0.2) is 0 Å². The molecule has 2 rings (SSSR count). The Bertz CT molecular complexity index is 378. The lowest BCUT2D eigenvalue weighted by molar-refractivity contribution is -0.140. The molecule has 0 aromatic rings. The number of hydrogen-bond acceptors (Lipinski definition) is 3. The summed E-state index contributed by atoms with van der Waals surface area (Å²) in [5.41, 5.74) is -0.731. The molecule has 20 heavy (non-hydrogen) atoms. The molecular formula is C16H27N3O. The molecule has 0 aromatic heterocycles. The van der Waals surface area contributed by atoms with Gasteiger partial charge in [-0.3, -0.25) is 4.79 Å². The van der Waals surface area contributed by atoms with Crippen molar-refractivity contribution in [2.45, 2.75) is 57.4 Å². The lowest BCUT2D eigenvalue weighted by Gasteiger charge is -2.34. The van der Waals surface area contributed by atoms with Crippen LogP contribution in [0.5, 0.6) is 0 Å². The number of likely N-dealkylation sites (tertiary alicyclic amines) is 1. The molecule has 1 amide bonds. The van der Waals surface area contributed by atoms with Gasteiger partial charge in [0.2, 0.25) is 5.91 Å². The van der Waals surface area contributed by atoms with Crippen molar-refractivity contribution in [1.29, 1.82) is 5.26 Å². The highest BCUT2D eigenvalue weighted by Gasteiger charge is 2.44. The summed E-state index contributed by atoms with van der Waals surface area (Å²) in [6.07, 6.45) is 8.03. The van der Waals surface area contributed by atoms with Gasteiger partial charge in [-0.1, -0.05) is 25.7 Å². The average molecular weight is 277 g/mol. The molecular weight excluding hydrogens is 250 g/mol. The summed E-state index contributed by atoms with van der Waals surface area (Å²) in [6, 6.07) is 2.70. The Morgan fingerprint density at radius 1 is 1.25 bits per heavy atom. The maximum Gasteiger partial charge on any atom is 0.243 e. The Kier molecular flexibility index (Phi) is 5.04. The van der Waals surface area contributed by atoms with Gasteiger partial charge in [0.15, 0.2) is 0 Å². The Labute approximate surface area is 122 Å². The number of rotatable bonds is 3. The van der Waals surface area contributed by atoms with Gasteiger partial charge in [0.05, 0.1) is 6.07 Å². The lowest BCUT2D eigenvalue weighted by Crippen LogP contribution is -2.48. The molecule has 4 nitrogen and oxygen atoms in total. The molecule has 2 aliphatic rings. The van der Waals surface area contributed by atoms with E-state index in [4.69, 9.17) is 0 Å². The van der Waals surface area contributed by atoms with E-state index in [0.29, 0.717) is 6.04 Å². The van der Waals surface area contributed by atoms with Gasteiger partial charge >= 0.3 is 0 Å². The van der Waals surface area contributed by atoms with Crippen LogP contribution in [0.15, 0.2) is 0 Å². The van der Waals surface area contributed by atoms with Gasteiger partial charge in [0.25, 0.3) is 0 Å². The molecule has 0 spiro atoms. The highest BCUT2D eigenvalue weighted by atomic mass is 16.2. The quantitative estimate of drug-likeness (QED) is 0.744. The molecule has 4 heteroatoms. The molecule has 1 saturated heterocycles. The minimum atomic E-state index is -0.731. The fraction of sp³-hybridized carbons (Fsp3) is 0.875. The summed E-state index contributed by atoms with van der Waals surface area (Å²) in [5, 5.41) is 9.66. The van der Waals surface area contributed by atoms with E-state index in [-0.39, 0.29) is 5.91 Å². The van der Waals surface area contributed by atoms with Crippen LogP contribution in [0.3, 0.4) is 0 Å². The van der Waals surface area contributed by atoms with Crippen LogP contribution in [0.4, 0.5) is 0 Å². The van der Waals surface area contributed by atoms with Crippen LogP contribution in [-0.2, 0) is 4.79 Å². The van der Waals surface area contributed by atoms with Crippen LogP contribution < -0.4 is 0 Å². The summed E-state index contributed by atoms with van der Waals surface area (Å²) in [7, 11) is 4.10. The second-order valence-corrected chi connectivity index (χ2v) is 6.66. The first kappa shape index (κ1) is 15.3. The molecule has 1 heterocycles. The van der Waals surface area contributed by atoms with E-state index in [1.54, 1.807) is 0 Å². The number of nitrogens with zero attached hydrogens (tertiary/aromatic N) is 3. The Balaban J connectivity index is 2.13. The van der Waals surface area contributed by atoms with Crippen LogP contribution in [0.25, 0.3) is 0 Å². The van der Waals surface area contributed by atoms with E-state index < -0.39 is 5.41 Å². The minimum absolute atomic E-state index is 0.117. The molecule has 0 radical (unpaired) electrons. The zero-order chi connectivity index (χ0) is 14.6. The fourth-order valence-corrected chi connectivity index (χ4v) is 3.69. The maximum absolute atomic E-state index is 13.0. The minimum Gasteiger partial charge on any atom is -0.337 e. The highest BCUT2D eigenvalue weighted by Crippen LogP contribution is 2.38. The van der Waals surface area contributed by atoms with Gasteiger partial charge in [-0.05, 0) is 39.8 Å². The molecule has 2 fully saturated rings. The number of hydrogen-bond donors (Lipinski definition) is 0. The van der Waals surface area contributed by atoms with Gasteiger partial charge in [-0.2, -0.15) is 5.26 Å². The number of carbonyl (C=O) groups excluding carboxylic acids is 1. The van der Waals surface area contributed by atoms with Crippen LogP contribution in [0, 0.1) is 16.7 Å². The van der Waals surface area contributed by atoms with E-state index >= 15 is 0 Å². The molecule has 1 saturated carbocycles. The van der Waals surface area contributed by atoms with Crippen LogP contribution in [0.2, 0.25) is 0 Å². The Morgan fingerprint density at radius 2 is 1.90 bits per heavy atom. The van der Waals surface area contributed by atoms with Crippen LogP contribution in [-0.4, -0.2) is 48.9 Å². The largest absolute Gasteiger partial charge is 0.337 e. The second-order valence-electron chi connectivity index (χ2n) is 6.66. The zero-order valence-electron chi connectivity index (χ0n) is 12.9. The van der Waals surface area contributed by atoms with Crippen molar-refractivity contribution in [1.82, 2.24) is 9.80 Å². The molecule has 0 bridgehead atoms. The standard InChI is InChI=1S/C16H27N3O/c1-18(2)12-14-8-7-11-19(14)15(20)16(13-17)9-5-3-4-6-10-16/h14H,3-12H2,1-2H3. The summed E-state index contributed by atoms with van der Waals surface area (Å²) < 4.78 is 0. The van der Waals surface area contributed by atoms with Crippen molar-refractivity contribution < 1.29 is 4.79 Å². The highest BCUT2D eigenvalue weighted by molar-refractivity contribution is 5.86. The molecule has 112 valence electrons. The first-order valence-electron chi connectivity index (χ1n) is 7.96. The normalized spacial score (nSPS) is 26.3. The predicted molar refractivity (Wildman–Crippen MR) is 79.0 cm³/mol. The van der Waals surface area contributed by atoms with Crippen LogP contribution in [0.1, 0.15) is 51.4 Å². The van der Waals surface area contributed by atoms with Crippen molar-refractivity contribution in [3.8, 4) is 6.07 Å². The number of amides is 1. The topological polar surface area (TPSA) is 47.3 Å². The predicted octanol–water partition coefficient (Wildman–Crippen LogP) is 2.40. The first-order valence-corrected chi connectivity index (χ1v) is 7.96. The number of likely N-dealkylation sites (N-methyl/N-ethyl adjacent to an activating group) is 1. The van der Waals surface area contributed by atoms with E-state index in [1.807, 2.05) is 19.0 Å². The van der Waals surface area contributed by atoms with E-state index in [2.05, 4.69) is 11.0 Å². The van der Waals surface area contributed by atoms with Crippen molar-refractivity contribution in [3.63, 3.8) is 0 Å². The number of carbonyl (C=O) groups is 1. The van der Waals surface area contributed by atoms with Crippen molar-refractivity contribution in [3.05, 3.63) is 0 Å². The second kappa shape index (κ2) is 6.58. The van der Waals surface area contributed by atoms with Gasteiger partial charge < -0.3 is 9.80 Å². The number of nitriles is 1. The van der Waals surface area contributed by atoms with Crippen LogP contribution >= 0.6 is 0 Å². The molecule has 1 aliphatic carbocycles. The van der Waals surface area contributed by atoms with Gasteiger partial charge in [-0.15, -0.1) is 0 Å². The van der Waals surface area contributed by atoms with E-state index in [9.17, 15) is 10.1 Å². The van der Waals surface area contributed by atoms with Crippen molar-refractivity contribution in [2.75, 3.05) is 27.2 Å². The lowest BCUT2D eigenvalue weighted by atomic mass is 9.80. The zero-order valence-corrected chi connectivity index (χ0v) is 12.9. The van der Waals surface area contributed by atoms with E-state index in [1.165, 1.54) is 0 Å². The molecule has 1 unspecified atom stereocenters. The smallest absolute Gasteiger partial charge is 0.243 e. The maximum atomic E-state index is 13.0. The monoisotopic (exact) mass is 277 g/mol. The van der Waals surface area contributed by atoms with Crippen molar-refractivity contribution in [2.24, 2.45) is 5.41 Å². The third-order valence-corrected chi connectivity index (χ3v) is 4.79. The molecule has 0 N–H and O–H groups in total. The van der Waals surface area contributed by atoms with Crippen molar-refractivity contribution >= 4 is 5.91 Å². The fourth-order valence-electron chi connectivity index (χ4n) is 3.69. The molecule has 1 aliphatic heterocycles. The first-order chi connectivity index (χ1) is 9.59. The summed E-state index contributed by atoms with van der Waals surface area (Å²) >= 11 is 0. The summed E-state index contributed by atoms with van der Waals surface area (Å²) in [4.78, 5) is 17.1. The molecule has 1 atom stereocenters. The van der Waals surface area contributed by atoms with Gasteiger partial charge in [0, 0.05) is 19.1 Å². The third kappa shape index (κ3) is 3.15. The molecule has 0 aromatic carbocycles. The Morgan fingerprint density at radius 3 is 2.45 bits per heavy atom. The Hall–Kier alpha value is -1.08. The summed E-state index contributed by atoms with van der Waals surface area (Å²) in [5.74, 6) is 0.117.